The molecule has 78 valence electrons. The second-order valence-electron chi connectivity index (χ2n) is 2.99. The average Bonchev–Trinajstić information content (AvgIpc) is 2.55. The molecule has 0 aliphatic heterocycles. The van der Waals surface area contributed by atoms with Crippen LogP contribution < -0.4 is 0 Å². The molecule has 0 spiro atoms. The van der Waals surface area contributed by atoms with Gasteiger partial charge < -0.3 is 4.57 Å². The highest BCUT2D eigenvalue weighted by Gasteiger charge is 2.11. The molecule has 0 amide bonds. The van der Waals surface area contributed by atoms with Crippen molar-refractivity contribution in [3.05, 3.63) is 17.7 Å². The zero-order valence-electron chi connectivity index (χ0n) is 8.01. The van der Waals surface area contributed by atoms with Gasteiger partial charge in [0.1, 0.15) is 22.0 Å². The highest BCUT2D eigenvalue weighted by Crippen LogP contribution is 2.05. The number of rotatable bonds is 3. The number of imidazole rings is 1. The topological polar surface area (TPSA) is 99.5 Å². The SMILES string of the molecule is CS(=O)(=O)CCn1cnc(C#N)c1C#N. The van der Waals surface area contributed by atoms with Gasteiger partial charge in [-0.15, -0.1) is 0 Å². The number of sulfone groups is 1. The molecule has 15 heavy (non-hydrogen) atoms. The summed E-state index contributed by atoms with van der Waals surface area (Å²) >= 11 is 0. The number of hydrogen-bond acceptors (Lipinski definition) is 5. The van der Waals surface area contributed by atoms with Gasteiger partial charge in [0.2, 0.25) is 0 Å². The van der Waals surface area contributed by atoms with Crippen LogP contribution in [0.1, 0.15) is 11.4 Å². The van der Waals surface area contributed by atoms with Crippen LogP contribution in [0.5, 0.6) is 0 Å². The third kappa shape index (κ3) is 2.79. The van der Waals surface area contributed by atoms with Crippen molar-refractivity contribution in [1.29, 1.82) is 10.5 Å². The fourth-order valence-corrected chi connectivity index (χ4v) is 1.54. The largest absolute Gasteiger partial charge is 0.320 e. The first-order valence-corrected chi connectivity index (χ1v) is 6.07. The van der Waals surface area contributed by atoms with Gasteiger partial charge in [0, 0.05) is 12.8 Å². The number of nitriles is 2. The summed E-state index contributed by atoms with van der Waals surface area (Å²) in [5.74, 6) is -0.0804. The molecule has 0 bridgehead atoms. The van der Waals surface area contributed by atoms with Crippen LogP contribution in [0.4, 0.5) is 0 Å². The fourth-order valence-electron chi connectivity index (χ4n) is 1.02. The van der Waals surface area contributed by atoms with Gasteiger partial charge in [-0.2, -0.15) is 10.5 Å². The van der Waals surface area contributed by atoms with E-state index in [1.807, 2.05) is 6.07 Å². The summed E-state index contributed by atoms with van der Waals surface area (Å²) < 4.78 is 23.2. The highest BCUT2D eigenvalue weighted by atomic mass is 32.2. The first-order chi connectivity index (χ1) is 6.98. The van der Waals surface area contributed by atoms with Crippen LogP contribution in [-0.4, -0.2) is 30.0 Å². The van der Waals surface area contributed by atoms with E-state index < -0.39 is 9.84 Å². The minimum atomic E-state index is -3.09. The third-order valence-corrected chi connectivity index (χ3v) is 2.68. The Morgan fingerprint density at radius 1 is 1.47 bits per heavy atom. The second kappa shape index (κ2) is 4.11. The van der Waals surface area contributed by atoms with Crippen molar-refractivity contribution in [1.82, 2.24) is 9.55 Å². The molecule has 0 aliphatic carbocycles. The monoisotopic (exact) mass is 224 g/mol. The molecule has 0 unspecified atom stereocenters. The maximum atomic E-state index is 10.9. The highest BCUT2D eigenvalue weighted by molar-refractivity contribution is 7.90. The molecule has 0 aliphatic rings. The van der Waals surface area contributed by atoms with Crippen molar-refractivity contribution in [3.8, 4) is 12.1 Å². The lowest BCUT2D eigenvalue weighted by Gasteiger charge is -2.01. The van der Waals surface area contributed by atoms with Crippen molar-refractivity contribution < 1.29 is 8.42 Å². The first-order valence-electron chi connectivity index (χ1n) is 4.01. The summed E-state index contributed by atoms with van der Waals surface area (Å²) in [5, 5.41) is 17.3. The van der Waals surface area contributed by atoms with E-state index in [0.29, 0.717) is 0 Å². The molecule has 0 saturated carbocycles. The fraction of sp³-hybridized carbons (Fsp3) is 0.375. The molecule has 6 nitrogen and oxygen atoms in total. The minimum absolute atomic E-state index is 0.0194. The van der Waals surface area contributed by atoms with Crippen molar-refractivity contribution in [3.63, 3.8) is 0 Å². The molecule has 0 saturated heterocycles. The molecule has 1 aromatic rings. The molecule has 0 fully saturated rings. The Bertz CT molecular complexity index is 544. The molecule has 0 aromatic carbocycles. The van der Waals surface area contributed by atoms with E-state index in [2.05, 4.69) is 4.98 Å². The van der Waals surface area contributed by atoms with E-state index in [-0.39, 0.29) is 23.7 Å². The number of aromatic nitrogens is 2. The summed E-state index contributed by atoms with van der Waals surface area (Å²) in [6, 6.07) is 3.57. The predicted molar refractivity (Wildman–Crippen MR) is 51.4 cm³/mol. The molecule has 0 atom stereocenters. The maximum Gasteiger partial charge on any atom is 0.176 e. The zero-order chi connectivity index (χ0) is 11.5. The Labute approximate surface area is 87.3 Å². The van der Waals surface area contributed by atoms with Crippen LogP contribution in [0.3, 0.4) is 0 Å². The average molecular weight is 224 g/mol. The van der Waals surface area contributed by atoms with E-state index in [4.69, 9.17) is 10.5 Å². The van der Waals surface area contributed by atoms with Gasteiger partial charge in [0.15, 0.2) is 11.4 Å². The molecular weight excluding hydrogens is 216 g/mol. The van der Waals surface area contributed by atoms with E-state index >= 15 is 0 Å². The number of nitrogens with zero attached hydrogens (tertiary/aromatic N) is 4. The van der Waals surface area contributed by atoms with Gasteiger partial charge in [-0.05, 0) is 0 Å². The smallest absolute Gasteiger partial charge is 0.176 e. The van der Waals surface area contributed by atoms with Crippen LogP contribution in [-0.2, 0) is 16.4 Å². The normalized spacial score (nSPS) is 10.6. The van der Waals surface area contributed by atoms with Crippen molar-refractivity contribution >= 4 is 9.84 Å². The van der Waals surface area contributed by atoms with E-state index in [1.165, 1.54) is 10.9 Å². The van der Waals surface area contributed by atoms with Crippen LogP contribution in [0, 0.1) is 22.7 Å². The Morgan fingerprint density at radius 2 is 2.13 bits per heavy atom. The zero-order valence-corrected chi connectivity index (χ0v) is 8.82. The van der Waals surface area contributed by atoms with Gasteiger partial charge in [-0.1, -0.05) is 0 Å². The molecular formula is C8H8N4O2S. The van der Waals surface area contributed by atoms with E-state index in [9.17, 15) is 8.42 Å². The van der Waals surface area contributed by atoms with Crippen molar-refractivity contribution in [2.45, 2.75) is 6.54 Å². The summed E-state index contributed by atoms with van der Waals surface area (Å²) in [7, 11) is -3.09. The lowest BCUT2D eigenvalue weighted by Crippen LogP contribution is -2.11. The number of aryl methyl sites for hydroxylation is 1. The Morgan fingerprint density at radius 3 is 2.60 bits per heavy atom. The van der Waals surface area contributed by atoms with Gasteiger partial charge in [0.25, 0.3) is 0 Å². The third-order valence-electron chi connectivity index (χ3n) is 1.75. The van der Waals surface area contributed by atoms with Crippen molar-refractivity contribution in [2.24, 2.45) is 0 Å². The first kappa shape index (κ1) is 11.2. The molecule has 7 heteroatoms. The number of hydrogen-bond donors (Lipinski definition) is 0. The Hall–Kier alpha value is -1.86. The summed E-state index contributed by atoms with van der Waals surface area (Å²) in [6.07, 6.45) is 2.41. The lowest BCUT2D eigenvalue weighted by molar-refractivity contribution is 0.594. The standard InChI is InChI=1S/C8H8N4O2S/c1-15(13,14)3-2-12-6-11-7(4-9)8(12)5-10/h6H,2-3H2,1H3. The second-order valence-corrected chi connectivity index (χ2v) is 5.25. The van der Waals surface area contributed by atoms with Crippen LogP contribution in [0.2, 0.25) is 0 Å². The molecule has 0 radical (unpaired) electrons. The summed E-state index contributed by atoms with van der Waals surface area (Å²) in [4.78, 5) is 3.69. The van der Waals surface area contributed by atoms with Gasteiger partial charge >= 0.3 is 0 Å². The van der Waals surface area contributed by atoms with Gasteiger partial charge in [0.05, 0.1) is 12.1 Å². The molecule has 0 N–H and O–H groups in total. The van der Waals surface area contributed by atoms with E-state index in [0.717, 1.165) is 6.26 Å². The summed E-state index contributed by atoms with van der Waals surface area (Å²) in [5.41, 5.74) is 0.118. The maximum absolute atomic E-state index is 10.9. The van der Waals surface area contributed by atoms with Crippen LogP contribution >= 0.6 is 0 Å². The van der Waals surface area contributed by atoms with Crippen molar-refractivity contribution in [2.75, 3.05) is 12.0 Å². The van der Waals surface area contributed by atoms with Crippen LogP contribution in [0.15, 0.2) is 6.33 Å². The predicted octanol–water partition coefficient (Wildman–Crippen LogP) is -0.329. The Balaban J connectivity index is 2.94. The molecule has 1 aromatic heterocycles. The quantitative estimate of drug-likeness (QED) is 0.700. The van der Waals surface area contributed by atoms with E-state index in [1.54, 1.807) is 6.07 Å². The Kier molecular flexibility index (Phi) is 3.08. The van der Waals surface area contributed by atoms with Gasteiger partial charge in [-0.25, -0.2) is 13.4 Å². The molecule has 1 heterocycles. The van der Waals surface area contributed by atoms with Crippen LogP contribution in [0.25, 0.3) is 0 Å². The molecule has 1 rings (SSSR count). The summed E-state index contributed by atoms with van der Waals surface area (Å²) in [6.45, 7) is 0.135. The minimum Gasteiger partial charge on any atom is -0.320 e. The van der Waals surface area contributed by atoms with Gasteiger partial charge in [-0.3, -0.25) is 0 Å². The lowest BCUT2D eigenvalue weighted by atomic mass is 10.3.